The third-order valence-electron chi connectivity index (χ3n) is 5.20. The molecule has 7 heteroatoms. The first-order chi connectivity index (χ1) is 16.1. The van der Waals surface area contributed by atoms with Gasteiger partial charge in [-0.25, -0.2) is 9.38 Å². The number of benzene rings is 3. The van der Waals surface area contributed by atoms with E-state index in [-0.39, 0.29) is 11.5 Å². The molecule has 2 heterocycles. The van der Waals surface area contributed by atoms with Crippen LogP contribution in [0.1, 0.15) is 12.5 Å². The van der Waals surface area contributed by atoms with Gasteiger partial charge in [0.1, 0.15) is 11.5 Å². The van der Waals surface area contributed by atoms with E-state index in [1.807, 2.05) is 72.8 Å². The van der Waals surface area contributed by atoms with Crippen molar-refractivity contribution in [3.63, 3.8) is 0 Å². The average molecular weight is 477 g/mol. The Balaban J connectivity index is 1.39. The molecule has 0 aliphatic rings. The van der Waals surface area contributed by atoms with Gasteiger partial charge < -0.3 is 9.47 Å². The van der Waals surface area contributed by atoms with Crippen molar-refractivity contribution >= 4 is 45.0 Å². The van der Waals surface area contributed by atoms with Gasteiger partial charge in [-0.1, -0.05) is 60.2 Å². The highest BCUT2D eigenvalue weighted by atomic mass is 35.5. The van der Waals surface area contributed by atoms with Gasteiger partial charge in [0, 0.05) is 16.5 Å². The molecule has 166 valence electrons. The summed E-state index contributed by atoms with van der Waals surface area (Å²) in [6, 6.07) is 22.8. The summed E-state index contributed by atoms with van der Waals surface area (Å²) < 4.78 is 14.1. The number of fused-ring (bicyclic) bond motifs is 3. The summed E-state index contributed by atoms with van der Waals surface area (Å²) >= 11 is 7.61. The van der Waals surface area contributed by atoms with Gasteiger partial charge in [-0.15, -0.1) is 0 Å². The molecule has 0 aliphatic carbocycles. The zero-order valence-corrected chi connectivity index (χ0v) is 19.5. The predicted octanol–water partition coefficient (Wildman–Crippen LogP) is 5.20. The van der Waals surface area contributed by atoms with Gasteiger partial charge in [-0.3, -0.25) is 4.79 Å². The molecule has 0 aliphatic heterocycles. The van der Waals surface area contributed by atoms with E-state index in [0.717, 1.165) is 22.3 Å². The maximum Gasteiger partial charge on any atom is 0.274 e. The monoisotopic (exact) mass is 476 g/mol. The lowest BCUT2D eigenvalue weighted by Gasteiger charge is -2.15. The number of para-hydroxylation sites is 3. The second-order valence-corrected chi connectivity index (χ2v) is 9.30. The van der Waals surface area contributed by atoms with Crippen molar-refractivity contribution in [1.82, 2.24) is 9.38 Å². The van der Waals surface area contributed by atoms with Crippen LogP contribution >= 0.6 is 22.9 Å². The lowest BCUT2D eigenvalue weighted by Crippen LogP contribution is -2.23. The Morgan fingerprint density at radius 1 is 1.03 bits per heavy atom. The van der Waals surface area contributed by atoms with E-state index in [1.165, 1.54) is 11.3 Å². The molecule has 0 N–H and O–H groups in total. The van der Waals surface area contributed by atoms with E-state index in [9.17, 15) is 4.79 Å². The Hall–Kier alpha value is -3.35. The second kappa shape index (κ2) is 9.25. The maximum atomic E-state index is 13.1. The molecule has 0 unspecified atom stereocenters. The van der Waals surface area contributed by atoms with E-state index < -0.39 is 0 Å². The summed E-state index contributed by atoms with van der Waals surface area (Å²) in [7, 11) is 0. The van der Waals surface area contributed by atoms with Crippen LogP contribution in [0.3, 0.4) is 0 Å². The van der Waals surface area contributed by atoms with Gasteiger partial charge in [0.2, 0.25) is 0 Å². The number of aromatic nitrogens is 2. The van der Waals surface area contributed by atoms with E-state index >= 15 is 0 Å². The van der Waals surface area contributed by atoms with Crippen molar-refractivity contribution in [1.29, 1.82) is 0 Å². The van der Waals surface area contributed by atoms with Crippen LogP contribution in [0.15, 0.2) is 77.6 Å². The van der Waals surface area contributed by atoms with Crippen molar-refractivity contribution in [2.45, 2.75) is 6.92 Å². The van der Waals surface area contributed by atoms with Crippen LogP contribution in [-0.2, 0) is 0 Å². The molecular formula is C26H21ClN2O3S. The third kappa shape index (κ3) is 4.58. The number of nitrogens with zero attached hydrogens (tertiary/aromatic N) is 2. The molecule has 5 aromatic rings. The normalized spacial score (nSPS) is 13.0. The number of halogens is 1. The molecule has 3 aromatic carbocycles. The van der Waals surface area contributed by atoms with Crippen molar-refractivity contribution in [2.75, 3.05) is 13.2 Å². The summed E-state index contributed by atoms with van der Waals surface area (Å²) in [4.78, 5) is 18.3. The Labute approximate surface area is 199 Å². The lowest BCUT2D eigenvalue weighted by molar-refractivity contribution is 0.188. The molecule has 0 saturated carbocycles. The highest BCUT2D eigenvalue weighted by Crippen LogP contribution is 2.25. The van der Waals surface area contributed by atoms with E-state index in [0.29, 0.717) is 33.5 Å². The first-order valence-electron chi connectivity index (χ1n) is 10.6. The van der Waals surface area contributed by atoms with Gasteiger partial charge >= 0.3 is 0 Å². The van der Waals surface area contributed by atoms with Gasteiger partial charge in [0.15, 0.2) is 4.96 Å². The van der Waals surface area contributed by atoms with E-state index in [1.54, 1.807) is 10.5 Å². The zero-order chi connectivity index (χ0) is 22.8. The standard InChI is InChI=1S/C26H21ClN2O3S/c1-17(15-31-20-7-3-2-4-8-20)16-32-23-12-11-19(27)13-18(23)14-24-25(30)29-22-10-6-5-9-21(22)28-26(29)33-24/h2-14,17H,15-16H2,1H3/b24-14+/t17-/m0/s1. The molecule has 2 aromatic heterocycles. The maximum absolute atomic E-state index is 13.1. The van der Waals surface area contributed by atoms with Crippen LogP contribution in [0.25, 0.3) is 22.1 Å². The largest absolute Gasteiger partial charge is 0.493 e. The minimum atomic E-state index is -0.0979. The summed E-state index contributed by atoms with van der Waals surface area (Å²) in [5.41, 5.74) is 2.28. The van der Waals surface area contributed by atoms with E-state index in [2.05, 4.69) is 11.9 Å². The molecule has 0 bridgehead atoms. The Morgan fingerprint density at radius 2 is 1.79 bits per heavy atom. The van der Waals surface area contributed by atoms with Crippen molar-refractivity contribution in [3.8, 4) is 11.5 Å². The van der Waals surface area contributed by atoms with Gasteiger partial charge in [0.25, 0.3) is 5.56 Å². The lowest BCUT2D eigenvalue weighted by atomic mass is 10.2. The highest BCUT2D eigenvalue weighted by Gasteiger charge is 2.12. The summed E-state index contributed by atoms with van der Waals surface area (Å²) in [5, 5.41) is 0.577. The molecule has 0 saturated heterocycles. The Kier molecular flexibility index (Phi) is 6.03. The first kappa shape index (κ1) is 21.5. The molecule has 1 atom stereocenters. The predicted molar refractivity (Wildman–Crippen MR) is 134 cm³/mol. The SMILES string of the molecule is C[C@@H](COc1ccccc1)COc1ccc(Cl)cc1/C=c1/sc2nc3ccccc3n2c1=O. The van der Waals surface area contributed by atoms with Crippen molar-refractivity contribution < 1.29 is 9.47 Å². The molecule has 0 spiro atoms. The van der Waals surface area contributed by atoms with Crippen LogP contribution in [-0.4, -0.2) is 22.6 Å². The summed E-state index contributed by atoms with van der Waals surface area (Å²) in [5.74, 6) is 1.67. The molecular weight excluding hydrogens is 456 g/mol. The van der Waals surface area contributed by atoms with Crippen molar-refractivity contribution in [3.05, 3.63) is 98.3 Å². The first-order valence-corrected chi connectivity index (χ1v) is 11.8. The Morgan fingerprint density at radius 3 is 2.64 bits per heavy atom. The van der Waals surface area contributed by atoms with Gasteiger partial charge in [-0.05, 0) is 48.5 Å². The number of ether oxygens (including phenoxy) is 2. The highest BCUT2D eigenvalue weighted by molar-refractivity contribution is 7.15. The zero-order valence-electron chi connectivity index (χ0n) is 17.9. The summed E-state index contributed by atoms with van der Waals surface area (Å²) in [6.45, 7) is 3.08. The number of hydrogen-bond donors (Lipinski definition) is 0. The topological polar surface area (TPSA) is 52.8 Å². The minimum absolute atomic E-state index is 0.0979. The Bertz CT molecular complexity index is 1530. The van der Waals surface area contributed by atoms with Crippen LogP contribution < -0.4 is 19.6 Å². The van der Waals surface area contributed by atoms with Crippen LogP contribution in [0, 0.1) is 5.92 Å². The number of imidazole rings is 1. The number of thiazole rings is 1. The molecule has 5 rings (SSSR count). The van der Waals surface area contributed by atoms with Crippen LogP contribution in [0.5, 0.6) is 11.5 Å². The van der Waals surface area contributed by atoms with E-state index in [4.69, 9.17) is 21.1 Å². The fraction of sp³-hybridized carbons (Fsp3) is 0.154. The molecule has 5 nitrogen and oxygen atoms in total. The average Bonchev–Trinajstić information content (AvgIpc) is 3.34. The number of hydrogen-bond acceptors (Lipinski definition) is 5. The van der Waals surface area contributed by atoms with Gasteiger partial charge in [-0.2, -0.15) is 0 Å². The fourth-order valence-corrected chi connectivity index (χ4v) is 4.71. The minimum Gasteiger partial charge on any atom is -0.493 e. The molecule has 0 amide bonds. The fourth-order valence-electron chi connectivity index (χ4n) is 3.55. The summed E-state index contributed by atoms with van der Waals surface area (Å²) in [6.07, 6.45) is 1.82. The van der Waals surface area contributed by atoms with Crippen molar-refractivity contribution in [2.24, 2.45) is 5.92 Å². The molecule has 0 fully saturated rings. The second-order valence-electron chi connectivity index (χ2n) is 7.86. The van der Waals surface area contributed by atoms with Crippen LogP contribution in [0.4, 0.5) is 0 Å². The molecule has 0 radical (unpaired) electrons. The van der Waals surface area contributed by atoms with Gasteiger partial charge in [0.05, 0.1) is 28.8 Å². The quantitative estimate of drug-likeness (QED) is 0.324. The smallest absolute Gasteiger partial charge is 0.274 e. The number of rotatable bonds is 7. The third-order valence-corrected chi connectivity index (χ3v) is 6.41. The molecule has 33 heavy (non-hydrogen) atoms. The van der Waals surface area contributed by atoms with Crippen LogP contribution in [0.2, 0.25) is 5.02 Å².